The number of hydrogen-bond acceptors (Lipinski definition) is 3. The fraction of sp³-hybridized carbons (Fsp3) is 0.0714. The second kappa shape index (κ2) is 5.56. The molecule has 0 saturated heterocycles. The molecule has 1 amide bonds. The Morgan fingerprint density at radius 3 is 2.50 bits per heavy atom. The van der Waals surface area contributed by atoms with Crippen LogP contribution in [0.4, 0.5) is 20.2 Å². The molecule has 0 aromatic heterocycles. The van der Waals surface area contributed by atoms with Crippen molar-refractivity contribution in [3.05, 3.63) is 53.6 Å². The molecule has 104 valence electrons. The Balaban J connectivity index is 2.21. The summed E-state index contributed by atoms with van der Waals surface area (Å²) in [6, 6.07) is 7.55. The summed E-state index contributed by atoms with van der Waals surface area (Å²) in [5.74, 6) is -1.59. The van der Waals surface area contributed by atoms with Crippen LogP contribution in [0.1, 0.15) is 10.4 Å². The molecular weight excluding hydrogens is 266 g/mol. The van der Waals surface area contributed by atoms with E-state index in [-0.39, 0.29) is 17.0 Å². The van der Waals surface area contributed by atoms with Gasteiger partial charge in [-0.1, -0.05) is 0 Å². The number of anilines is 2. The number of rotatable bonds is 3. The number of hydrogen-bond donors (Lipinski definition) is 2. The van der Waals surface area contributed by atoms with Crippen LogP contribution < -0.4 is 15.8 Å². The highest BCUT2D eigenvalue weighted by Gasteiger charge is 2.10. The van der Waals surface area contributed by atoms with E-state index >= 15 is 0 Å². The van der Waals surface area contributed by atoms with Gasteiger partial charge in [0.25, 0.3) is 5.91 Å². The molecule has 0 saturated carbocycles. The molecule has 0 radical (unpaired) electrons. The highest BCUT2D eigenvalue weighted by atomic mass is 19.1. The summed E-state index contributed by atoms with van der Waals surface area (Å²) in [6.07, 6.45) is 0. The molecular formula is C14H12F2N2O2. The third kappa shape index (κ3) is 2.85. The Bertz CT molecular complexity index is 660. The molecule has 0 aliphatic carbocycles. The summed E-state index contributed by atoms with van der Waals surface area (Å²) < 4.78 is 31.1. The first-order valence-electron chi connectivity index (χ1n) is 5.71. The van der Waals surface area contributed by atoms with Crippen molar-refractivity contribution < 1.29 is 18.3 Å². The van der Waals surface area contributed by atoms with Gasteiger partial charge in [-0.3, -0.25) is 4.79 Å². The number of ether oxygens (including phenoxy) is 1. The number of nitrogens with two attached hydrogens (primary N) is 1. The molecule has 2 rings (SSSR count). The molecule has 4 nitrogen and oxygen atoms in total. The number of carbonyl (C=O) groups excluding carboxylic acids is 1. The standard InChI is InChI=1S/C14H12F2N2O2/c1-20-13-7-9(3-5-11(13)16)18-14(19)8-2-4-10(15)12(17)6-8/h2-7H,17H2,1H3,(H,18,19). The fourth-order valence-corrected chi connectivity index (χ4v) is 1.63. The number of carbonyl (C=O) groups is 1. The van der Waals surface area contributed by atoms with Crippen LogP contribution in [0.3, 0.4) is 0 Å². The first-order valence-corrected chi connectivity index (χ1v) is 5.71. The molecule has 0 aliphatic rings. The third-order valence-corrected chi connectivity index (χ3v) is 2.67. The maximum Gasteiger partial charge on any atom is 0.255 e. The molecule has 3 N–H and O–H groups in total. The van der Waals surface area contributed by atoms with Crippen molar-refractivity contribution in [1.82, 2.24) is 0 Å². The van der Waals surface area contributed by atoms with Crippen molar-refractivity contribution in [3.63, 3.8) is 0 Å². The molecule has 20 heavy (non-hydrogen) atoms. The van der Waals surface area contributed by atoms with E-state index in [1.807, 2.05) is 0 Å². The number of methoxy groups -OCH3 is 1. The van der Waals surface area contributed by atoms with Crippen LogP contribution in [-0.2, 0) is 0 Å². The Labute approximate surface area is 114 Å². The van der Waals surface area contributed by atoms with Gasteiger partial charge in [-0.25, -0.2) is 8.78 Å². The Morgan fingerprint density at radius 2 is 1.85 bits per heavy atom. The lowest BCUT2D eigenvalue weighted by atomic mass is 10.1. The summed E-state index contributed by atoms with van der Waals surface area (Å²) in [5, 5.41) is 2.54. The van der Waals surface area contributed by atoms with Gasteiger partial charge >= 0.3 is 0 Å². The third-order valence-electron chi connectivity index (χ3n) is 2.67. The molecule has 2 aromatic rings. The van der Waals surface area contributed by atoms with Crippen LogP contribution in [0.5, 0.6) is 5.75 Å². The average Bonchev–Trinajstić information content (AvgIpc) is 2.43. The number of nitrogens with one attached hydrogen (secondary N) is 1. The van der Waals surface area contributed by atoms with Gasteiger partial charge in [0.05, 0.1) is 12.8 Å². The SMILES string of the molecule is COc1cc(NC(=O)c2ccc(F)c(N)c2)ccc1F. The molecule has 0 heterocycles. The quantitative estimate of drug-likeness (QED) is 0.848. The van der Waals surface area contributed by atoms with Crippen molar-refractivity contribution in [3.8, 4) is 5.75 Å². The zero-order chi connectivity index (χ0) is 14.7. The monoisotopic (exact) mass is 278 g/mol. The van der Waals surface area contributed by atoms with Crippen molar-refractivity contribution in [2.24, 2.45) is 0 Å². The van der Waals surface area contributed by atoms with Crippen LogP contribution in [-0.4, -0.2) is 13.0 Å². The maximum atomic E-state index is 13.2. The van der Waals surface area contributed by atoms with Gasteiger partial charge in [0.15, 0.2) is 11.6 Å². The minimum absolute atomic E-state index is 0.0152. The Morgan fingerprint density at radius 1 is 1.15 bits per heavy atom. The van der Waals surface area contributed by atoms with Gasteiger partial charge in [-0.2, -0.15) is 0 Å². The van der Waals surface area contributed by atoms with E-state index in [0.29, 0.717) is 5.69 Å². The lowest BCUT2D eigenvalue weighted by Crippen LogP contribution is -2.12. The second-order valence-corrected chi connectivity index (χ2v) is 4.04. The molecule has 0 fully saturated rings. The number of amides is 1. The Hall–Kier alpha value is -2.63. The van der Waals surface area contributed by atoms with E-state index in [0.717, 1.165) is 6.07 Å². The predicted octanol–water partition coefficient (Wildman–Crippen LogP) is 2.81. The summed E-state index contributed by atoms with van der Waals surface area (Å²) in [7, 11) is 1.32. The van der Waals surface area contributed by atoms with E-state index in [2.05, 4.69) is 5.32 Å². The van der Waals surface area contributed by atoms with Crippen LogP contribution in [0.25, 0.3) is 0 Å². The summed E-state index contributed by atoms with van der Waals surface area (Å²) >= 11 is 0. The van der Waals surface area contributed by atoms with Gasteiger partial charge in [-0.05, 0) is 30.3 Å². The van der Waals surface area contributed by atoms with Crippen molar-refractivity contribution in [2.45, 2.75) is 0 Å². The first-order chi connectivity index (χ1) is 9.51. The zero-order valence-corrected chi connectivity index (χ0v) is 10.6. The molecule has 0 bridgehead atoms. The Kier molecular flexibility index (Phi) is 3.84. The predicted molar refractivity (Wildman–Crippen MR) is 71.7 cm³/mol. The average molecular weight is 278 g/mol. The molecule has 0 aliphatic heterocycles. The van der Waals surface area contributed by atoms with E-state index in [4.69, 9.17) is 10.5 Å². The lowest BCUT2D eigenvalue weighted by Gasteiger charge is -2.08. The molecule has 0 atom stereocenters. The van der Waals surface area contributed by atoms with E-state index in [9.17, 15) is 13.6 Å². The van der Waals surface area contributed by atoms with Gasteiger partial charge in [0.2, 0.25) is 0 Å². The van der Waals surface area contributed by atoms with Crippen molar-refractivity contribution >= 4 is 17.3 Å². The number of halogens is 2. The molecule has 0 spiro atoms. The second-order valence-electron chi connectivity index (χ2n) is 4.04. The fourth-order valence-electron chi connectivity index (χ4n) is 1.63. The van der Waals surface area contributed by atoms with Crippen LogP contribution in [0.15, 0.2) is 36.4 Å². The van der Waals surface area contributed by atoms with Gasteiger partial charge in [0, 0.05) is 17.3 Å². The molecule has 0 unspecified atom stereocenters. The zero-order valence-electron chi connectivity index (χ0n) is 10.6. The summed E-state index contributed by atoms with van der Waals surface area (Å²) in [6.45, 7) is 0. The van der Waals surface area contributed by atoms with Gasteiger partial charge in [-0.15, -0.1) is 0 Å². The smallest absolute Gasteiger partial charge is 0.255 e. The number of benzene rings is 2. The minimum atomic E-state index is -0.593. The highest BCUT2D eigenvalue weighted by molar-refractivity contribution is 6.04. The molecule has 2 aromatic carbocycles. The normalized spacial score (nSPS) is 10.2. The summed E-state index contributed by atoms with van der Waals surface area (Å²) in [5.41, 5.74) is 5.84. The largest absolute Gasteiger partial charge is 0.494 e. The summed E-state index contributed by atoms with van der Waals surface area (Å²) in [4.78, 5) is 11.9. The molecule has 6 heteroatoms. The van der Waals surface area contributed by atoms with E-state index < -0.39 is 17.5 Å². The van der Waals surface area contributed by atoms with Crippen molar-refractivity contribution in [1.29, 1.82) is 0 Å². The van der Waals surface area contributed by atoms with Crippen LogP contribution in [0, 0.1) is 11.6 Å². The maximum absolute atomic E-state index is 13.2. The number of nitrogen functional groups attached to an aromatic ring is 1. The van der Waals surface area contributed by atoms with Gasteiger partial charge < -0.3 is 15.8 Å². The first kappa shape index (κ1) is 13.8. The van der Waals surface area contributed by atoms with Crippen LogP contribution >= 0.6 is 0 Å². The van der Waals surface area contributed by atoms with E-state index in [1.54, 1.807) is 0 Å². The lowest BCUT2D eigenvalue weighted by molar-refractivity contribution is 0.102. The topological polar surface area (TPSA) is 64.3 Å². The minimum Gasteiger partial charge on any atom is -0.494 e. The highest BCUT2D eigenvalue weighted by Crippen LogP contribution is 2.22. The van der Waals surface area contributed by atoms with Gasteiger partial charge in [0.1, 0.15) is 5.82 Å². The van der Waals surface area contributed by atoms with Crippen LogP contribution in [0.2, 0.25) is 0 Å². The van der Waals surface area contributed by atoms with Crippen molar-refractivity contribution in [2.75, 3.05) is 18.2 Å². The van der Waals surface area contributed by atoms with E-state index in [1.165, 1.54) is 37.4 Å².